The molecule has 0 bridgehead atoms. The molecule has 3 aliphatic rings. The highest BCUT2D eigenvalue weighted by Gasteiger charge is 2.48. The Bertz CT molecular complexity index is 1650. The van der Waals surface area contributed by atoms with Crippen LogP contribution in [0.3, 0.4) is 0 Å². The van der Waals surface area contributed by atoms with Crippen LogP contribution in [-0.2, 0) is 17.8 Å². The van der Waals surface area contributed by atoms with Crippen molar-refractivity contribution in [3.05, 3.63) is 83.6 Å². The second-order valence-electron chi connectivity index (χ2n) is 12.5. The first kappa shape index (κ1) is 30.2. The van der Waals surface area contributed by atoms with Crippen LogP contribution in [0.5, 0.6) is 11.5 Å². The van der Waals surface area contributed by atoms with E-state index in [1.165, 1.54) is 0 Å². The van der Waals surface area contributed by atoms with Crippen molar-refractivity contribution < 1.29 is 19.1 Å². The fourth-order valence-electron chi connectivity index (χ4n) is 6.11. The first-order valence-corrected chi connectivity index (χ1v) is 15.4. The number of urea groups is 1. The summed E-state index contributed by atoms with van der Waals surface area (Å²) in [5.41, 5.74) is 5.57. The van der Waals surface area contributed by atoms with E-state index in [2.05, 4.69) is 53.2 Å². The Balaban J connectivity index is 1.20. The number of ether oxygens (including phenoxy) is 2. The normalized spacial score (nSPS) is 20.6. The molecule has 2 N–H and O–H groups in total. The molecule has 3 aliphatic heterocycles. The highest BCUT2D eigenvalue weighted by Crippen LogP contribution is 2.37. The quantitative estimate of drug-likeness (QED) is 0.301. The van der Waals surface area contributed by atoms with Crippen LogP contribution in [0.15, 0.2) is 66.3 Å². The molecule has 0 saturated carbocycles. The topological polar surface area (TPSA) is 108 Å². The number of nitrogens with one attached hydrogen (secondary N) is 2. The molecule has 1 unspecified atom stereocenters. The van der Waals surface area contributed by atoms with Crippen molar-refractivity contribution in [1.29, 1.82) is 0 Å². The monoisotopic (exact) mass is 608 g/mol. The number of hydrazone groups is 1. The van der Waals surface area contributed by atoms with Gasteiger partial charge in [0.1, 0.15) is 22.7 Å². The molecule has 1 saturated heterocycles. The van der Waals surface area contributed by atoms with E-state index in [-0.39, 0.29) is 11.8 Å². The van der Waals surface area contributed by atoms with Gasteiger partial charge < -0.3 is 19.7 Å². The lowest BCUT2D eigenvalue weighted by atomic mass is 9.90. The van der Waals surface area contributed by atoms with Crippen LogP contribution in [0.1, 0.15) is 48.6 Å². The molecule has 0 spiro atoms. The van der Waals surface area contributed by atoms with Crippen LogP contribution in [0.2, 0.25) is 0 Å². The minimum atomic E-state index is -1.09. The van der Waals surface area contributed by atoms with E-state index in [0.717, 1.165) is 57.4 Å². The maximum absolute atomic E-state index is 13.2. The Morgan fingerprint density at radius 2 is 1.91 bits per heavy atom. The second kappa shape index (κ2) is 12.3. The van der Waals surface area contributed by atoms with E-state index in [4.69, 9.17) is 14.5 Å². The average molecular weight is 609 g/mol. The summed E-state index contributed by atoms with van der Waals surface area (Å²) >= 11 is 0. The molecule has 10 heteroatoms. The van der Waals surface area contributed by atoms with Gasteiger partial charge in [0.15, 0.2) is 0 Å². The van der Waals surface area contributed by atoms with E-state index in [1.807, 2.05) is 60.7 Å². The summed E-state index contributed by atoms with van der Waals surface area (Å²) in [6, 6.07) is 17.7. The number of carbonyl (C=O) groups excluding carboxylic acids is 2. The van der Waals surface area contributed by atoms with Gasteiger partial charge in [0.05, 0.1) is 31.9 Å². The minimum absolute atomic E-state index is 0.123. The fourth-order valence-corrected chi connectivity index (χ4v) is 6.11. The van der Waals surface area contributed by atoms with Crippen LogP contribution >= 0.6 is 0 Å². The van der Waals surface area contributed by atoms with Crippen molar-refractivity contribution in [1.82, 2.24) is 25.5 Å². The Labute approximate surface area is 264 Å². The summed E-state index contributed by atoms with van der Waals surface area (Å²) < 4.78 is 11.6. The first-order valence-electron chi connectivity index (χ1n) is 15.4. The molecule has 10 nitrogen and oxygen atoms in total. The van der Waals surface area contributed by atoms with Gasteiger partial charge in [0, 0.05) is 43.2 Å². The van der Waals surface area contributed by atoms with Crippen molar-refractivity contribution in [2.75, 3.05) is 33.9 Å². The van der Waals surface area contributed by atoms with Crippen molar-refractivity contribution in [3.63, 3.8) is 0 Å². The van der Waals surface area contributed by atoms with Gasteiger partial charge in [-0.1, -0.05) is 50.8 Å². The number of nitrogens with zero attached hydrogens (tertiary/aromatic N) is 4. The van der Waals surface area contributed by atoms with Crippen LogP contribution in [0.4, 0.5) is 4.79 Å². The molecule has 1 fully saturated rings. The van der Waals surface area contributed by atoms with Crippen LogP contribution in [0.25, 0.3) is 17.0 Å². The summed E-state index contributed by atoms with van der Waals surface area (Å²) in [4.78, 5) is 32.7. The minimum Gasteiger partial charge on any atom is -0.497 e. The Kier molecular flexibility index (Phi) is 8.22. The number of aryl methyl sites for hydroxylation is 1. The molecule has 2 aromatic carbocycles. The van der Waals surface area contributed by atoms with Gasteiger partial charge >= 0.3 is 6.03 Å². The number of hydrogen-bond donors (Lipinski definition) is 2. The number of pyridine rings is 1. The molecule has 3 amide bonds. The maximum atomic E-state index is 13.2. The van der Waals surface area contributed by atoms with Gasteiger partial charge in [-0.25, -0.2) is 9.78 Å². The lowest BCUT2D eigenvalue weighted by molar-refractivity contribution is -0.124. The molecular formula is C35H40N6O4. The third-order valence-electron chi connectivity index (χ3n) is 8.65. The Hall–Kier alpha value is -4.86. The number of hydrogen-bond acceptors (Lipinski definition) is 8. The van der Waals surface area contributed by atoms with E-state index < -0.39 is 11.6 Å². The molecule has 6 rings (SSSR count). The van der Waals surface area contributed by atoms with Crippen LogP contribution in [-0.4, -0.2) is 72.4 Å². The molecule has 2 atom stereocenters. The number of rotatable bonds is 11. The van der Waals surface area contributed by atoms with Gasteiger partial charge in [0.2, 0.25) is 0 Å². The fraction of sp³-hybridized carbons (Fsp3) is 0.371. The third kappa shape index (κ3) is 6.22. The number of fused-ring (bicyclic) bond motifs is 1. The number of likely N-dealkylation sites (N-methyl/N-ethyl adjacent to an activating group) is 1. The summed E-state index contributed by atoms with van der Waals surface area (Å²) in [6.45, 7) is 10.8. The molecule has 234 valence electrons. The highest BCUT2D eigenvalue weighted by molar-refractivity contribution is 6.07. The van der Waals surface area contributed by atoms with Crippen molar-refractivity contribution in [3.8, 4) is 22.8 Å². The third-order valence-corrected chi connectivity index (χ3v) is 8.65. The number of carbonyl (C=O) groups is 2. The summed E-state index contributed by atoms with van der Waals surface area (Å²) in [7, 11) is 3.59. The maximum Gasteiger partial charge on any atom is 0.322 e. The van der Waals surface area contributed by atoms with Crippen molar-refractivity contribution >= 4 is 23.8 Å². The standard InChI is InChI=1S/C35H40N6O4/c1-22(2)20-45-31-13-12-30(27-17-36-40(4)18-27)37-32(31)25-8-6-24(7-9-25)14-15-35(33(42)38-34(43)39-35)21-41-19-26-10-11-28(44-5)16-29(26)23(41)3/h6-13,16-17,22,27H,3,14-15,18-21H2,1-2,4-5H3,(H2,38,39,42,43)/t27?,35-/m1/s1. The van der Waals surface area contributed by atoms with Gasteiger partial charge in [0.25, 0.3) is 5.91 Å². The van der Waals surface area contributed by atoms with E-state index in [9.17, 15) is 9.59 Å². The van der Waals surface area contributed by atoms with Crippen LogP contribution < -0.4 is 20.1 Å². The number of benzene rings is 2. The molecule has 0 radical (unpaired) electrons. The Morgan fingerprint density at radius 3 is 2.58 bits per heavy atom. The lowest BCUT2D eigenvalue weighted by Crippen LogP contribution is -2.54. The van der Waals surface area contributed by atoms with Crippen molar-refractivity contribution in [2.24, 2.45) is 11.0 Å². The number of methoxy groups -OCH3 is 1. The SMILES string of the molecule is C=C1c2cc(OC)ccc2CN1C[C@@]1(CCc2ccc(-c3nc(C4C=NN(C)C4)ccc3OCC(C)C)cc2)NC(=O)NC1=O. The van der Waals surface area contributed by atoms with Crippen LogP contribution in [0, 0.1) is 5.92 Å². The van der Waals surface area contributed by atoms with Gasteiger partial charge in [-0.2, -0.15) is 5.10 Å². The van der Waals surface area contributed by atoms with Gasteiger partial charge in [-0.05, 0) is 54.2 Å². The zero-order valence-corrected chi connectivity index (χ0v) is 26.3. The summed E-state index contributed by atoms with van der Waals surface area (Å²) in [5.74, 6) is 1.68. The Morgan fingerprint density at radius 1 is 1.11 bits per heavy atom. The summed E-state index contributed by atoms with van der Waals surface area (Å²) in [6.07, 6.45) is 2.95. The predicted octanol–water partition coefficient (Wildman–Crippen LogP) is 4.80. The largest absolute Gasteiger partial charge is 0.497 e. The van der Waals surface area contributed by atoms with Gasteiger partial charge in [-0.3, -0.25) is 15.1 Å². The smallest absolute Gasteiger partial charge is 0.322 e. The van der Waals surface area contributed by atoms with E-state index >= 15 is 0 Å². The molecule has 45 heavy (non-hydrogen) atoms. The molecule has 4 heterocycles. The van der Waals surface area contributed by atoms with E-state index in [1.54, 1.807) is 7.11 Å². The lowest BCUT2D eigenvalue weighted by Gasteiger charge is -2.32. The summed E-state index contributed by atoms with van der Waals surface area (Å²) in [5, 5.41) is 11.7. The zero-order valence-electron chi connectivity index (χ0n) is 26.3. The zero-order chi connectivity index (χ0) is 31.7. The molecular weight excluding hydrogens is 568 g/mol. The predicted molar refractivity (Wildman–Crippen MR) is 174 cm³/mol. The molecule has 1 aromatic heterocycles. The van der Waals surface area contributed by atoms with Gasteiger partial charge in [-0.15, -0.1) is 0 Å². The van der Waals surface area contributed by atoms with Crippen molar-refractivity contribution in [2.45, 2.75) is 44.7 Å². The highest BCUT2D eigenvalue weighted by atomic mass is 16.5. The number of aromatic nitrogens is 1. The number of amides is 3. The number of imide groups is 1. The average Bonchev–Trinajstić information content (AvgIpc) is 3.69. The first-order chi connectivity index (χ1) is 21.6. The second-order valence-corrected chi connectivity index (χ2v) is 12.5. The van der Waals surface area contributed by atoms with E-state index in [0.29, 0.717) is 38.5 Å². The molecule has 0 aliphatic carbocycles. The molecule has 3 aromatic rings.